The fourth-order valence-electron chi connectivity index (χ4n) is 2.20. The largest absolute Gasteiger partial charge is 0.397 e. The third-order valence-electron chi connectivity index (χ3n) is 3.33. The summed E-state index contributed by atoms with van der Waals surface area (Å²) < 4.78 is 0. The number of rotatable bonds is 4. The Morgan fingerprint density at radius 1 is 0.545 bits per heavy atom. The molecule has 6 N–H and O–H groups in total. The molecule has 0 heterocycles. The van der Waals surface area contributed by atoms with Crippen molar-refractivity contribution in [3.63, 3.8) is 0 Å². The van der Waals surface area contributed by atoms with E-state index < -0.39 is 0 Å². The summed E-state index contributed by atoms with van der Waals surface area (Å²) in [5, 5.41) is 6.61. The molecule has 0 radical (unpaired) electrons. The highest BCUT2D eigenvalue weighted by Gasteiger charge is 2.07. The summed E-state index contributed by atoms with van der Waals surface area (Å²) in [6.07, 6.45) is 0. The number of hydrogen-bond donors (Lipinski definition) is 4. The van der Waals surface area contributed by atoms with Crippen LogP contribution in [-0.2, 0) is 0 Å². The first-order chi connectivity index (χ1) is 10.7. The molecule has 22 heavy (non-hydrogen) atoms. The van der Waals surface area contributed by atoms with Gasteiger partial charge >= 0.3 is 0 Å². The molecule has 3 rings (SSSR count). The van der Waals surface area contributed by atoms with Crippen molar-refractivity contribution in [2.75, 3.05) is 22.1 Å². The van der Waals surface area contributed by atoms with Crippen molar-refractivity contribution < 1.29 is 0 Å². The summed E-state index contributed by atoms with van der Waals surface area (Å²) in [6.45, 7) is 0. The van der Waals surface area contributed by atoms with Crippen molar-refractivity contribution in [3.8, 4) is 0 Å². The zero-order valence-corrected chi connectivity index (χ0v) is 12.1. The van der Waals surface area contributed by atoms with Gasteiger partial charge in [0, 0.05) is 11.4 Å². The van der Waals surface area contributed by atoms with Crippen molar-refractivity contribution in [1.82, 2.24) is 0 Å². The van der Waals surface area contributed by atoms with E-state index in [1.54, 1.807) is 6.07 Å². The van der Waals surface area contributed by atoms with E-state index >= 15 is 0 Å². The first-order valence-electron chi connectivity index (χ1n) is 7.05. The molecular formula is C18H18N4. The van der Waals surface area contributed by atoms with Crippen LogP contribution >= 0.6 is 0 Å². The van der Waals surface area contributed by atoms with Gasteiger partial charge < -0.3 is 22.1 Å². The molecule has 0 saturated heterocycles. The monoisotopic (exact) mass is 290 g/mol. The minimum Gasteiger partial charge on any atom is -0.397 e. The molecule has 0 aliphatic rings. The van der Waals surface area contributed by atoms with Gasteiger partial charge in [-0.3, -0.25) is 0 Å². The normalized spacial score (nSPS) is 10.2. The second-order valence-corrected chi connectivity index (χ2v) is 5.01. The maximum absolute atomic E-state index is 6.06. The van der Waals surface area contributed by atoms with Crippen LogP contribution in [0.15, 0.2) is 72.8 Å². The Morgan fingerprint density at radius 2 is 0.955 bits per heavy atom. The Balaban J connectivity index is 1.90. The molecule has 0 aliphatic carbocycles. The molecule has 4 heteroatoms. The van der Waals surface area contributed by atoms with Crippen molar-refractivity contribution in [2.24, 2.45) is 0 Å². The topological polar surface area (TPSA) is 76.1 Å². The summed E-state index contributed by atoms with van der Waals surface area (Å²) in [4.78, 5) is 0. The molecule has 4 nitrogen and oxygen atoms in total. The van der Waals surface area contributed by atoms with Gasteiger partial charge in [0.15, 0.2) is 0 Å². The predicted octanol–water partition coefficient (Wildman–Crippen LogP) is 4.34. The van der Waals surface area contributed by atoms with Gasteiger partial charge in [0.2, 0.25) is 0 Å². The van der Waals surface area contributed by atoms with Crippen LogP contribution in [0.5, 0.6) is 0 Å². The summed E-state index contributed by atoms with van der Waals surface area (Å²) in [5.74, 6) is 0. The van der Waals surface area contributed by atoms with Crippen molar-refractivity contribution in [1.29, 1.82) is 0 Å². The molecule has 0 bridgehead atoms. The minimum absolute atomic E-state index is 0.611. The van der Waals surface area contributed by atoms with Gasteiger partial charge in [-0.25, -0.2) is 0 Å². The number of hydrogen-bond acceptors (Lipinski definition) is 4. The second kappa shape index (κ2) is 6.10. The number of anilines is 6. The lowest BCUT2D eigenvalue weighted by Gasteiger charge is -2.15. The fraction of sp³-hybridized carbons (Fsp3) is 0. The van der Waals surface area contributed by atoms with Crippen LogP contribution in [0, 0.1) is 0 Å². The van der Waals surface area contributed by atoms with E-state index in [1.165, 1.54) is 0 Å². The third-order valence-corrected chi connectivity index (χ3v) is 3.33. The SMILES string of the molecule is Nc1cc(N)c(Nc2ccccc2)cc1Nc1ccccc1. The lowest BCUT2D eigenvalue weighted by molar-refractivity contribution is 1.51. The van der Waals surface area contributed by atoms with Crippen molar-refractivity contribution in [2.45, 2.75) is 0 Å². The molecule has 0 amide bonds. The summed E-state index contributed by atoms with van der Waals surface area (Å²) in [7, 11) is 0. The summed E-state index contributed by atoms with van der Waals surface area (Å²) in [6, 6.07) is 23.5. The fourth-order valence-corrected chi connectivity index (χ4v) is 2.20. The zero-order valence-electron chi connectivity index (χ0n) is 12.1. The Morgan fingerprint density at radius 3 is 1.36 bits per heavy atom. The quantitative estimate of drug-likeness (QED) is 0.539. The van der Waals surface area contributed by atoms with Gasteiger partial charge in [-0.1, -0.05) is 36.4 Å². The maximum Gasteiger partial charge on any atom is 0.0640 e. The lowest BCUT2D eigenvalue weighted by atomic mass is 10.2. The highest BCUT2D eigenvalue weighted by Crippen LogP contribution is 2.33. The Hall–Kier alpha value is -3.14. The van der Waals surface area contributed by atoms with E-state index in [9.17, 15) is 0 Å². The highest BCUT2D eigenvalue weighted by atomic mass is 14.9. The molecule has 0 spiro atoms. The average Bonchev–Trinajstić information content (AvgIpc) is 2.54. The van der Waals surface area contributed by atoms with E-state index in [1.807, 2.05) is 66.7 Å². The zero-order chi connectivity index (χ0) is 15.4. The second-order valence-electron chi connectivity index (χ2n) is 5.01. The van der Waals surface area contributed by atoms with E-state index in [4.69, 9.17) is 11.5 Å². The van der Waals surface area contributed by atoms with Gasteiger partial charge in [0.1, 0.15) is 0 Å². The predicted molar refractivity (Wildman–Crippen MR) is 94.7 cm³/mol. The summed E-state index contributed by atoms with van der Waals surface area (Å²) in [5.41, 5.74) is 16.9. The number of nitrogen functional groups attached to an aromatic ring is 2. The van der Waals surface area contributed by atoms with Gasteiger partial charge in [-0.15, -0.1) is 0 Å². The van der Waals surface area contributed by atoms with Crippen LogP contribution in [-0.4, -0.2) is 0 Å². The average molecular weight is 290 g/mol. The van der Waals surface area contributed by atoms with Crippen LogP contribution in [0.4, 0.5) is 34.1 Å². The molecule has 0 aromatic heterocycles. The van der Waals surface area contributed by atoms with Crippen LogP contribution < -0.4 is 22.1 Å². The van der Waals surface area contributed by atoms with Crippen LogP contribution in [0.3, 0.4) is 0 Å². The number of para-hydroxylation sites is 2. The lowest BCUT2D eigenvalue weighted by Crippen LogP contribution is -2.02. The smallest absolute Gasteiger partial charge is 0.0640 e. The number of nitrogens with two attached hydrogens (primary N) is 2. The number of nitrogens with one attached hydrogen (secondary N) is 2. The Labute approximate surface area is 129 Å². The first kappa shape index (κ1) is 13.8. The Bertz CT molecular complexity index is 692. The Kier molecular flexibility index (Phi) is 3.83. The van der Waals surface area contributed by atoms with Gasteiger partial charge in [-0.05, 0) is 36.4 Å². The van der Waals surface area contributed by atoms with Crippen LogP contribution in [0.2, 0.25) is 0 Å². The summed E-state index contributed by atoms with van der Waals surface area (Å²) >= 11 is 0. The van der Waals surface area contributed by atoms with Gasteiger partial charge in [0.25, 0.3) is 0 Å². The van der Waals surface area contributed by atoms with E-state index in [2.05, 4.69) is 10.6 Å². The molecule has 0 atom stereocenters. The van der Waals surface area contributed by atoms with Crippen molar-refractivity contribution in [3.05, 3.63) is 72.8 Å². The maximum atomic E-state index is 6.06. The molecule has 0 fully saturated rings. The third kappa shape index (κ3) is 3.12. The highest BCUT2D eigenvalue weighted by molar-refractivity contribution is 5.85. The van der Waals surface area contributed by atoms with Crippen molar-refractivity contribution >= 4 is 34.1 Å². The molecular weight excluding hydrogens is 272 g/mol. The van der Waals surface area contributed by atoms with Crippen LogP contribution in [0.1, 0.15) is 0 Å². The first-order valence-corrected chi connectivity index (χ1v) is 7.05. The molecule has 110 valence electrons. The van der Waals surface area contributed by atoms with E-state index in [0.29, 0.717) is 11.4 Å². The number of benzene rings is 3. The van der Waals surface area contributed by atoms with Gasteiger partial charge in [0.05, 0.1) is 22.7 Å². The minimum atomic E-state index is 0.611. The van der Waals surface area contributed by atoms with Crippen LogP contribution in [0.25, 0.3) is 0 Å². The molecule has 0 aliphatic heterocycles. The van der Waals surface area contributed by atoms with E-state index in [0.717, 1.165) is 22.7 Å². The molecule has 3 aromatic rings. The van der Waals surface area contributed by atoms with E-state index in [-0.39, 0.29) is 0 Å². The molecule has 0 unspecified atom stereocenters. The standard InChI is InChI=1S/C18H18N4/c19-15-11-16(20)18(22-14-9-5-2-6-10-14)12-17(15)21-13-7-3-1-4-8-13/h1-12,21-22H,19-20H2. The van der Waals surface area contributed by atoms with Gasteiger partial charge in [-0.2, -0.15) is 0 Å². The molecule has 0 saturated carbocycles. The molecule has 3 aromatic carbocycles.